The van der Waals surface area contributed by atoms with Gasteiger partial charge in [0.1, 0.15) is 5.82 Å². The molecule has 0 bridgehead atoms. The molecule has 7 nitrogen and oxygen atoms in total. The van der Waals surface area contributed by atoms with Gasteiger partial charge in [0, 0.05) is 36.5 Å². The first-order valence-corrected chi connectivity index (χ1v) is 9.62. The molecule has 4 rings (SSSR count). The maximum absolute atomic E-state index is 13.0. The molecule has 9 heteroatoms. The number of anilines is 1. The Kier molecular flexibility index (Phi) is 5.85. The molecule has 0 unspecified atom stereocenters. The first-order valence-electron chi connectivity index (χ1n) is 9.25. The Balaban J connectivity index is 1.28. The van der Waals surface area contributed by atoms with Crippen molar-refractivity contribution in [2.24, 2.45) is 0 Å². The van der Waals surface area contributed by atoms with Crippen LogP contribution in [0, 0.1) is 5.82 Å². The Morgan fingerprint density at radius 3 is 2.77 bits per heavy atom. The van der Waals surface area contributed by atoms with E-state index in [-0.39, 0.29) is 18.1 Å². The summed E-state index contributed by atoms with van der Waals surface area (Å²) in [6, 6.07) is 11.1. The topological polar surface area (TPSA) is 85.8 Å². The summed E-state index contributed by atoms with van der Waals surface area (Å²) in [5.41, 5.74) is 2.06. The number of aromatic nitrogens is 4. The molecule has 1 amide bonds. The Morgan fingerprint density at radius 1 is 1.20 bits per heavy atom. The van der Waals surface area contributed by atoms with Gasteiger partial charge in [0.05, 0.1) is 17.0 Å². The first kappa shape index (κ1) is 19.8. The highest BCUT2D eigenvalue weighted by atomic mass is 35.5. The molecule has 0 aliphatic carbocycles. The van der Waals surface area contributed by atoms with Gasteiger partial charge in [0.25, 0.3) is 0 Å². The van der Waals surface area contributed by atoms with Crippen LogP contribution in [-0.4, -0.2) is 25.6 Å². The van der Waals surface area contributed by atoms with E-state index in [2.05, 4.69) is 20.4 Å². The lowest BCUT2D eigenvalue weighted by molar-refractivity contribution is -0.116. The zero-order chi connectivity index (χ0) is 20.9. The van der Waals surface area contributed by atoms with E-state index in [0.717, 1.165) is 5.69 Å². The van der Waals surface area contributed by atoms with Crippen LogP contribution in [0.25, 0.3) is 17.1 Å². The Labute approximate surface area is 176 Å². The van der Waals surface area contributed by atoms with Crippen LogP contribution in [0.1, 0.15) is 18.7 Å². The van der Waals surface area contributed by atoms with Gasteiger partial charge in [0.15, 0.2) is 0 Å². The van der Waals surface area contributed by atoms with Crippen molar-refractivity contribution in [3.63, 3.8) is 0 Å². The van der Waals surface area contributed by atoms with E-state index >= 15 is 0 Å². The number of benzene rings is 2. The zero-order valence-electron chi connectivity index (χ0n) is 15.8. The third-order valence-corrected chi connectivity index (χ3v) is 4.68. The Hall–Kier alpha value is -3.52. The molecule has 30 heavy (non-hydrogen) atoms. The minimum Gasteiger partial charge on any atom is -0.339 e. The molecule has 4 aromatic rings. The molecule has 0 radical (unpaired) electrons. The fraction of sp³-hybridized carbons (Fsp3) is 0.143. The molecule has 0 aliphatic rings. The van der Waals surface area contributed by atoms with Crippen LogP contribution in [0.15, 0.2) is 65.7 Å². The molecule has 152 valence electrons. The highest BCUT2D eigenvalue weighted by Gasteiger charge is 2.11. The van der Waals surface area contributed by atoms with E-state index in [4.69, 9.17) is 16.1 Å². The molecule has 1 N–H and O–H groups in total. The van der Waals surface area contributed by atoms with E-state index in [1.54, 1.807) is 47.6 Å². The van der Waals surface area contributed by atoms with Gasteiger partial charge >= 0.3 is 0 Å². The van der Waals surface area contributed by atoms with Crippen molar-refractivity contribution < 1.29 is 13.7 Å². The fourth-order valence-electron chi connectivity index (χ4n) is 2.89. The third kappa shape index (κ3) is 4.72. The molecule has 0 fully saturated rings. The second kappa shape index (κ2) is 8.87. The number of nitrogens with one attached hydrogen (secondary N) is 1. The van der Waals surface area contributed by atoms with E-state index in [9.17, 15) is 9.18 Å². The van der Waals surface area contributed by atoms with Gasteiger partial charge in [-0.25, -0.2) is 9.37 Å². The van der Waals surface area contributed by atoms with Crippen LogP contribution in [-0.2, 0) is 11.2 Å². The van der Waals surface area contributed by atoms with Crippen molar-refractivity contribution in [2.75, 3.05) is 5.32 Å². The van der Waals surface area contributed by atoms with E-state index in [1.807, 2.05) is 6.07 Å². The summed E-state index contributed by atoms with van der Waals surface area (Å²) in [5, 5.41) is 7.22. The van der Waals surface area contributed by atoms with Crippen LogP contribution >= 0.6 is 11.6 Å². The average Bonchev–Trinajstić information content (AvgIpc) is 3.41. The maximum atomic E-state index is 13.0. The van der Waals surface area contributed by atoms with Crippen LogP contribution in [0.5, 0.6) is 0 Å². The molecular weight excluding hydrogens is 409 g/mol. The smallest absolute Gasteiger partial charge is 0.226 e. The third-order valence-electron chi connectivity index (χ3n) is 4.38. The van der Waals surface area contributed by atoms with Crippen LogP contribution in [0.2, 0.25) is 5.02 Å². The standard InChI is InChI=1S/C21H17ClFN5O2/c22-17-12-16(8-9-18(17)28-11-10-24-13-28)25-19(29)2-1-3-20-26-21(27-30-20)14-4-6-15(23)7-5-14/h4-13H,1-3H2,(H,25,29). The minimum atomic E-state index is -0.328. The lowest BCUT2D eigenvalue weighted by Gasteiger charge is -2.09. The number of rotatable bonds is 7. The summed E-state index contributed by atoms with van der Waals surface area (Å²) in [6.07, 6.45) is 6.39. The van der Waals surface area contributed by atoms with Crippen molar-refractivity contribution in [3.05, 3.63) is 77.9 Å². The van der Waals surface area contributed by atoms with Gasteiger partial charge in [-0.15, -0.1) is 0 Å². The van der Waals surface area contributed by atoms with Crippen molar-refractivity contribution in [1.29, 1.82) is 0 Å². The number of hydrogen-bond donors (Lipinski definition) is 1. The zero-order valence-corrected chi connectivity index (χ0v) is 16.5. The van der Waals surface area contributed by atoms with Crippen molar-refractivity contribution in [2.45, 2.75) is 19.3 Å². The first-order chi connectivity index (χ1) is 14.6. The summed E-state index contributed by atoms with van der Waals surface area (Å²) in [6.45, 7) is 0. The van der Waals surface area contributed by atoms with Crippen molar-refractivity contribution in [3.8, 4) is 17.1 Å². The number of imidazole rings is 1. The SMILES string of the molecule is O=C(CCCc1nc(-c2ccc(F)cc2)no1)Nc1ccc(-n2ccnc2)c(Cl)c1. The number of aryl methyl sites for hydroxylation is 1. The van der Waals surface area contributed by atoms with E-state index in [1.165, 1.54) is 12.1 Å². The summed E-state index contributed by atoms with van der Waals surface area (Å²) in [5.74, 6) is 0.350. The lowest BCUT2D eigenvalue weighted by atomic mass is 10.2. The van der Waals surface area contributed by atoms with Gasteiger partial charge < -0.3 is 14.4 Å². The highest BCUT2D eigenvalue weighted by molar-refractivity contribution is 6.32. The molecule has 2 aromatic carbocycles. The number of carbonyl (C=O) groups is 1. The summed E-state index contributed by atoms with van der Waals surface area (Å²) < 4.78 is 20.0. The summed E-state index contributed by atoms with van der Waals surface area (Å²) >= 11 is 6.30. The number of amides is 1. The van der Waals surface area contributed by atoms with Crippen LogP contribution in [0.3, 0.4) is 0 Å². The number of nitrogens with zero attached hydrogens (tertiary/aromatic N) is 4. The van der Waals surface area contributed by atoms with Gasteiger partial charge in [-0.3, -0.25) is 4.79 Å². The normalized spacial score (nSPS) is 10.9. The van der Waals surface area contributed by atoms with Gasteiger partial charge in [-0.05, 0) is 48.9 Å². The summed E-state index contributed by atoms with van der Waals surface area (Å²) in [4.78, 5) is 20.5. The summed E-state index contributed by atoms with van der Waals surface area (Å²) in [7, 11) is 0. The molecule has 0 aliphatic heterocycles. The maximum Gasteiger partial charge on any atom is 0.226 e. The number of carbonyl (C=O) groups excluding carboxylic acids is 1. The van der Waals surface area contributed by atoms with Crippen LogP contribution in [0.4, 0.5) is 10.1 Å². The average molecular weight is 426 g/mol. The van der Waals surface area contributed by atoms with Crippen molar-refractivity contribution >= 4 is 23.2 Å². The molecule has 0 saturated heterocycles. The molecule has 0 saturated carbocycles. The van der Waals surface area contributed by atoms with Gasteiger partial charge in [-0.2, -0.15) is 4.98 Å². The quantitative estimate of drug-likeness (QED) is 0.464. The van der Waals surface area contributed by atoms with Crippen molar-refractivity contribution in [1.82, 2.24) is 19.7 Å². The number of hydrogen-bond acceptors (Lipinski definition) is 5. The monoisotopic (exact) mass is 425 g/mol. The Bertz CT molecular complexity index is 1140. The molecule has 0 spiro atoms. The molecule has 2 aromatic heterocycles. The molecule has 0 atom stereocenters. The predicted molar refractivity (Wildman–Crippen MR) is 110 cm³/mol. The lowest BCUT2D eigenvalue weighted by Crippen LogP contribution is -2.11. The second-order valence-corrected chi connectivity index (χ2v) is 6.96. The van der Waals surface area contributed by atoms with Crippen LogP contribution < -0.4 is 5.32 Å². The Morgan fingerprint density at radius 2 is 2.03 bits per heavy atom. The van der Waals surface area contributed by atoms with Gasteiger partial charge in [-0.1, -0.05) is 16.8 Å². The second-order valence-electron chi connectivity index (χ2n) is 6.56. The number of halogens is 2. The van der Waals surface area contributed by atoms with Gasteiger partial charge in [0.2, 0.25) is 17.6 Å². The highest BCUT2D eigenvalue weighted by Crippen LogP contribution is 2.24. The predicted octanol–water partition coefficient (Wildman–Crippen LogP) is 4.68. The molecule has 2 heterocycles. The van der Waals surface area contributed by atoms with E-state index < -0.39 is 0 Å². The fourth-order valence-corrected chi connectivity index (χ4v) is 3.17. The van der Waals surface area contributed by atoms with E-state index in [0.29, 0.717) is 40.8 Å². The molecular formula is C21H17ClFN5O2. The minimum absolute atomic E-state index is 0.139. The largest absolute Gasteiger partial charge is 0.339 e.